The van der Waals surface area contributed by atoms with E-state index in [0.717, 1.165) is 42.5 Å². The van der Waals surface area contributed by atoms with Crippen molar-refractivity contribution in [2.75, 3.05) is 0 Å². The Morgan fingerprint density at radius 1 is 0.583 bits per heavy atom. The average molecular weight is 330 g/mol. The molecule has 0 aliphatic rings. The molecule has 0 radical (unpaired) electrons. The smallest absolute Gasteiger partial charge is 0.0867 e. The molecule has 0 amide bonds. The van der Waals surface area contributed by atoms with Crippen molar-refractivity contribution in [1.82, 2.24) is 0 Å². The first-order chi connectivity index (χ1) is 11.7. The lowest BCUT2D eigenvalue weighted by Gasteiger charge is -2.14. The molecule has 0 bridgehead atoms. The minimum Gasteiger partial charge on any atom is -0.249 e. The van der Waals surface area contributed by atoms with E-state index in [4.69, 9.17) is 0 Å². The van der Waals surface area contributed by atoms with Gasteiger partial charge < -0.3 is 0 Å². The van der Waals surface area contributed by atoms with Crippen molar-refractivity contribution in [3.05, 3.63) is 83.9 Å². The van der Waals surface area contributed by atoms with Gasteiger partial charge in [0.15, 0.2) is 0 Å². The zero-order valence-corrected chi connectivity index (χ0v) is 14.6. The van der Waals surface area contributed by atoms with E-state index in [2.05, 4.69) is 48.5 Å². The van der Waals surface area contributed by atoms with Crippen molar-refractivity contribution < 1.29 is 4.21 Å². The van der Waals surface area contributed by atoms with Gasteiger partial charge in [-0.25, -0.2) is 4.21 Å². The molecule has 0 unspecified atom stereocenters. The highest BCUT2D eigenvalue weighted by molar-refractivity contribution is 7.85. The Labute approximate surface area is 144 Å². The third-order valence-corrected chi connectivity index (χ3v) is 6.35. The monoisotopic (exact) mass is 330 g/mol. The molecule has 4 rings (SSSR count). The number of aryl methyl sites for hydroxylation is 2. The maximum atomic E-state index is 13.6. The van der Waals surface area contributed by atoms with Gasteiger partial charge in [-0.2, -0.15) is 0 Å². The lowest BCUT2D eigenvalue weighted by atomic mass is 10.1. The zero-order valence-electron chi connectivity index (χ0n) is 13.7. The number of hydrogen-bond donors (Lipinski definition) is 0. The summed E-state index contributed by atoms with van der Waals surface area (Å²) < 4.78 is 13.6. The van der Waals surface area contributed by atoms with Crippen LogP contribution < -0.4 is 0 Å². The minimum absolute atomic E-state index is 0.924. The fourth-order valence-electron chi connectivity index (χ4n) is 3.30. The largest absolute Gasteiger partial charge is 0.249 e. The van der Waals surface area contributed by atoms with E-state index in [1.54, 1.807) is 0 Å². The third kappa shape index (κ3) is 2.35. The Kier molecular flexibility index (Phi) is 3.70. The van der Waals surface area contributed by atoms with E-state index in [-0.39, 0.29) is 0 Å². The highest BCUT2D eigenvalue weighted by Crippen LogP contribution is 2.33. The first-order valence-corrected chi connectivity index (χ1v) is 9.20. The molecule has 0 aliphatic heterocycles. The summed E-state index contributed by atoms with van der Waals surface area (Å²) in [4.78, 5) is 1.85. The molecule has 4 aromatic carbocycles. The molecule has 24 heavy (non-hydrogen) atoms. The summed E-state index contributed by atoms with van der Waals surface area (Å²) in [6, 6.07) is 24.7. The highest BCUT2D eigenvalue weighted by atomic mass is 32.2. The van der Waals surface area contributed by atoms with E-state index >= 15 is 0 Å². The molecule has 0 atom stereocenters. The van der Waals surface area contributed by atoms with E-state index < -0.39 is 10.8 Å². The van der Waals surface area contributed by atoms with Crippen LogP contribution in [0.2, 0.25) is 0 Å². The van der Waals surface area contributed by atoms with Crippen LogP contribution in [-0.4, -0.2) is 4.21 Å². The Hall–Kier alpha value is -2.45. The molecule has 1 nitrogen and oxygen atoms in total. The second kappa shape index (κ2) is 5.88. The summed E-state index contributed by atoms with van der Waals surface area (Å²) in [7, 11) is -1.22. The van der Waals surface area contributed by atoms with Crippen LogP contribution in [0.1, 0.15) is 11.1 Å². The normalized spacial score (nSPS) is 11.5. The van der Waals surface area contributed by atoms with Gasteiger partial charge >= 0.3 is 0 Å². The lowest BCUT2D eigenvalue weighted by molar-refractivity contribution is 0.683. The number of rotatable bonds is 2. The molecule has 0 saturated carbocycles. The predicted molar refractivity (Wildman–Crippen MR) is 102 cm³/mol. The molecule has 0 heterocycles. The summed E-state index contributed by atoms with van der Waals surface area (Å²) >= 11 is 0. The van der Waals surface area contributed by atoms with Gasteiger partial charge in [-0.3, -0.25) is 0 Å². The Balaban J connectivity index is 2.05. The Morgan fingerprint density at radius 2 is 1.00 bits per heavy atom. The molecular formula is C22H18OS. The molecular weight excluding hydrogens is 312 g/mol. The van der Waals surface area contributed by atoms with Crippen LogP contribution in [0.4, 0.5) is 0 Å². The van der Waals surface area contributed by atoms with Gasteiger partial charge in [0, 0.05) is 0 Å². The minimum atomic E-state index is -1.22. The first-order valence-electron chi connectivity index (χ1n) is 8.05. The summed E-state index contributed by atoms with van der Waals surface area (Å²) in [5.74, 6) is 0. The average Bonchev–Trinajstić information content (AvgIpc) is 2.61. The van der Waals surface area contributed by atoms with E-state index in [0.29, 0.717) is 0 Å². The van der Waals surface area contributed by atoms with Crippen molar-refractivity contribution in [2.45, 2.75) is 23.6 Å². The Morgan fingerprint density at radius 3 is 1.46 bits per heavy atom. The van der Waals surface area contributed by atoms with Crippen LogP contribution in [0.15, 0.2) is 82.6 Å². The lowest BCUT2D eigenvalue weighted by Crippen LogP contribution is -2.00. The van der Waals surface area contributed by atoms with Gasteiger partial charge in [0.2, 0.25) is 0 Å². The van der Waals surface area contributed by atoms with E-state index in [1.807, 2.05) is 38.1 Å². The molecule has 0 aromatic heterocycles. The summed E-state index contributed by atoms with van der Waals surface area (Å²) in [5.41, 5.74) is 2.14. The van der Waals surface area contributed by atoms with Gasteiger partial charge in [0.1, 0.15) is 0 Å². The zero-order chi connectivity index (χ0) is 16.7. The second-order valence-corrected chi connectivity index (χ2v) is 7.49. The maximum Gasteiger partial charge on any atom is 0.0867 e. The molecule has 4 aromatic rings. The molecule has 2 heteroatoms. The topological polar surface area (TPSA) is 17.1 Å². The van der Waals surface area contributed by atoms with Crippen LogP contribution in [0.3, 0.4) is 0 Å². The summed E-state index contributed by atoms with van der Waals surface area (Å²) in [5, 5.41) is 4.40. The second-order valence-electron chi connectivity index (χ2n) is 6.13. The molecule has 0 spiro atoms. The standard InChI is InChI=1S/C22H18OS/c1-15-11-13-17-7-3-5-9-19(17)21(15)24(23)22-16(2)12-14-18-8-4-6-10-20(18)22/h3-14H,1-2H3. The molecule has 0 N–H and O–H groups in total. The SMILES string of the molecule is Cc1ccc2ccccc2c1S(=O)c1c(C)ccc2ccccc12. The third-order valence-electron chi connectivity index (χ3n) is 4.52. The van der Waals surface area contributed by atoms with Crippen LogP contribution in [0.25, 0.3) is 21.5 Å². The van der Waals surface area contributed by atoms with E-state index in [1.165, 1.54) is 0 Å². The van der Waals surface area contributed by atoms with Gasteiger partial charge in [-0.05, 0) is 46.5 Å². The summed E-state index contributed by atoms with van der Waals surface area (Å²) in [6.45, 7) is 4.08. The van der Waals surface area contributed by atoms with Gasteiger partial charge in [0.25, 0.3) is 0 Å². The molecule has 0 saturated heterocycles. The molecule has 118 valence electrons. The van der Waals surface area contributed by atoms with Crippen LogP contribution >= 0.6 is 0 Å². The van der Waals surface area contributed by atoms with Gasteiger partial charge in [-0.15, -0.1) is 0 Å². The molecule has 0 fully saturated rings. The number of hydrogen-bond acceptors (Lipinski definition) is 1. The molecule has 0 aliphatic carbocycles. The van der Waals surface area contributed by atoms with Crippen LogP contribution in [0, 0.1) is 13.8 Å². The summed E-state index contributed by atoms with van der Waals surface area (Å²) in [6.07, 6.45) is 0. The van der Waals surface area contributed by atoms with Gasteiger partial charge in [-0.1, -0.05) is 72.8 Å². The highest BCUT2D eigenvalue weighted by Gasteiger charge is 2.18. The van der Waals surface area contributed by atoms with Crippen molar-refractivity contribution in [1.29, 1.82) is 0 Å². The van der Waals surface area contributed by atoms with E-state index in [9.17, 15) is 4.21 Å². The van der Waals surface area contributed by atoms with Crippen molar-refractivity contribution in [3.8, 4) is 0 Å². The number of benzene rings is 4. The fourth-order valence-corrected chi connectivity index (χ4v) is 4.99. The van der Waals surface area contributed by atoms with Crippen LogP contribution in [-0.2, 0) is 10.8 Å². The first kappa shape index (κ1) is 15.1. The Bertz CT molecular complexity index is 1010. The van der Waals surface area contributed by atoms with Crippen molar-refractivity contribution >= 4 is 32.3 Å². The quantitative estimate of drug-likeness (QED) is 0.455. The predicted octanol–water partition coefficient (Wildman–Crippen LogP) is 5.78. The van der Waals surface area contributed by atoms with Crippen LogP contribution in [0.5, 0.6) is 0 Å². The van der Waals surface area contributed by atoms with Crippen molar-refractivity contribution in [3.63, 3.8) is 0 Å². The fraction of sp³-hybridized carbons (Fsp3) is 0.0909. The maximum absolute atomic E-state index is 13.6. The van der Waals surface area contributed by atoms with Gasteiger partial charge in [0.05, 0.1) is 20.6 Å². The van der Waals surface area contributed by atoms with Crippen molar-refractivity contribution in [2.24, 2.45) is 0 Å². The number of fused-ring (bicyclic) bond motifs is 2.